The number of carbonyl (C=O) groups excluding carboxylic acids is 1. The summed E-state index contributed by atoms with van der Waals surface area (Å²) < 4.78 is 0. The number of aromatic nitrogens is 2. The molecule has 0 radical (unpaired) electrons. The molecule has 1 fully saturated rings. The van der Waals surface area contributed by atoms with Crippen molar-refractivity contribution in [3.8, 4) is 0 Å². The molecular weight excluding hydrogens is 228 g/mol. The molecular formula is C13H20N4O. The number of nitrogens with zero attached hydrogens (tertiary/aromatic N) is 2. The molecule has 1 unspecified atom stereocenters. The lowest BCUT2D eigenvalue weighted by atomic mass is 9.77. The van der Waals surface area contributed by atoms with Crippen LogP contribution in [0.2, 0.25) is 0 Å². The Hall–Kier alpha value is -1.49. The summed E-state index contributed by atoms with van der Waals surface area (Å²) in [6.07, 6.45) is 4.52. The third kappa shape index (κ3) is 2.85. The second kappa shape index (κ2) is 5.91. The van der Waals surface area contributed by atoms with E-state index in [0.717, 1.165) is 38.0 Å². The Bertz CT molecular complexity index is 387. The van der Waals surface area contributed by atoms with Gasteiger partial charge in [-0.25, -0.2) is 0 Å². The van der Waals surface area contributed by atoms with Gasteiger partial charge in [-0.3, -0.25) is 4.79 Å². The summed E-state index contributed by atoms with van der Waals surface area (Å²) in [6, 6.07) is 3.69. The summed E-state index contributed by atoms with van der Waals surface area (Å²) >= 11 is 0. The van der Waals surface area contributed by atoms with Crippen LogP contribution in [-0.2, 0) is 11.3 Å². The molecule has 1 atom stereocenters. The van der Waals surface area contributed by atoms with E-state index in [1.165, 1.54) is 0 Å². The Kier molecular flexibility index (Phi) is 4.25. The zero-order chi connectivity index (χ0) is 12.8. The van der Waals surface area contributed by atoms with E-state index in [1.54, 1.807) is 6.20 Å². The fourth-order valence-electron chi connectivity index (χ4n) is 2.41. The highest BCUT2D eigenvalue weighted by Gasteiger charge is 2.37. The minimum atomic E-state index is -0.250. The molecule has 18 heavy (non-hydrogen) atoms. The summed E-state index contributed by atoms with van der Waals surface area (Å²) in [5, 5.41) is 14.1. The van der Waals surface area contributed by atoms with E-state index in [1.807, 2.05) is 12.1 Å². The molecule has 5 heteroatoms. The van der Waals surface area contributed by atoms with Crippen LogP contribution in [0.25, 0.3) is 0 Å². The SMILES string of the molecule is CCC1(C(=O)NCc2cccnn2)CCCNC1. The molecule has 0 aliphatic carbocycles. The van der Waals surface area contributed by atoms with Crippen LogP contribution in [0.1, 0.15) is 31.9 Å². The van der Waals surface area contributed by atoms with Gasteiger partial charge in [0.2, 0.25) is 5.91 Å². The summed E-state index contributed by atoms with van der Waals surface area (Å²) in [6.45, 7) is 4.32. The Morgan fingerprint density at radius 1 is 1.61 bits per heavy atom. The Labute approximate surface area is 107 Å². The third-order valence-electron chi connectivity index (χ3n) is 3.69. The van der Waals surface area contributed by atoms with E-state index >= 15 is 0 Å². The van der Waals surface area contributed by atoms with Gasteiger partial charge in [0.15, 0.2) is 0 Å². The van der Waals surface area contributed by atoms with Crippen LogP contribution in [0.3, 0.4) is 0 Å². The van der Waals surface area contributed by atoms with Crippen molar-refractivity contribution in [3.63, 3.8) is 0 Å². The molecule has 2 N–H and O–H groups in total. The van der Waals surface area contributed by atoms with Gasteiger partial charge in [0.05, 0.1) is 17.7 Å². The highest BCUT2D eigenvalue weighted by molar-refractivity contribution is 5.82. The minimum absolute atomic E-state index is 0.128. The number of piperidine rings is 1. The number of carbonyl (C=O) groups is 1. The van der Waals surface area contributed by atoms with Crippen LogP contribution >= 0.6 is 0 Å². The molecule has 1 aliphatic rings. The predicted molar refractivity (Wildman–Crippen MR) is 68.7 cm³/mol. The molecule has 1 aliphatic heterocycles. The molecule has 0 saturated carbocycles. The lowest BCUT2D eigenvalue weighted by molar-refractivity contribution is -0.132. The highest BCUT2D eigenvalue weighted by atomic mass is 16.2. The quantitative estimate of drug-likeness (QED) is 0.830. The maximum absolute atomic E-state index is 12.3. The first-order valence-electron chi connectivity index (χ1n) is 6.52. The average Bonchev–Trinajstić information content (AvgIpc) is 2.46. The van der Waals surface area contributed by atoms with E-state index < -0.39 is 0 Å². The first-order chi connectivity index (χ1) is 8.77. The van der Waals surface area contributed by atoms with Crippen LogP contribution < -0.4 is 10.6 Å². The first kappa shape index (κ1) is 13.0. The Morgan fingerprint density at radius 3 is 3.11 bits per heavy atom. The van der Waals surface area contributed by atoms with Gasteiger partial charge in [-0.15, -0.1) is 0 Å². The minimum Gasteiger partial charge on any atom is -0.350 e. The third-order valence-corrected chi connectivity index (χ3v) is 3.69. The summed E-state index contributed by atoms with van der Waals surface area (Å²) in [7, 11) is 0. The van der Waals surface area contributed by atoms with E-state index in [2.05, 4.69) is 27.8 Å². The number of rotatable bonds is 4. The van der Waals surface area contributed by atoms with Crippen molar-refractivity contribution in [2.75, 3.05) is 13.1 Å². The van der Waals surface area contributed by atoms with Gasteiger partial charge >= 0.3 is 0 Å². The second-order valence-corrected chi connectivity index (χ2v) is 4.81. The van der Waals surface area contributed by atoms with Crippen molar-refractivity contribution in [2.24, 2.45) is 5.41 Å². The van der Waals surface area contributed by atoms with E-state index in [4.69, 9.17) is 0 Å². The molecule has 0 aromatic carbocycles. The standard InChI is InChI=1S/C13H20N4O/c1-2-13(6-4-7-14-10-13)12(18)15-9-11-5-3-8-16-17-11/h3,5,8,14H,2,4,6-7,9-10H2,1H3,(H,15,18). The fourth-order valence-corrected chi connectivity index (χ4v) is 2.41. The van der Waals surface area contributed by atoms with Crippen molar-refractivity contribution < 1.29 is 4.79 Å². The predicted octanol–water partition coefficient (Wildman–Crippen LogP) is 0.873. The van der Waals surface area contributed by atoms with Gasteiger partial charge < -0.3 is 10.6 Å². The summed E-state index contributed by atoms with van der Waals surface area (Å²) in [5.74, 6) is 0.128. The van der Waals surface area contributed by atoms with Gasteiger partial charge in [-0.05, 0) is 37.9 Å². The topological polar surface area (TPSA) is 66.9 Å². The highest BCUT2D eigenvalue weighted by Crippen LogP contribution is 2.30. The maximum Gasteiger partial charge on any atom is 0.227 e. The molecule has 1 amide bonds. The normalized spacial score (nSPS) is 23.6. The van der Waals surface area contributed by atoms with Crippen LogP contribution in [-0.4, -0.2) is 29.2 Å². The number of hydrogen-bond donors (Lipinski definition) is 2. The maximum atomic E-state index is 12.3. The van der Waals surface area contributed by atoms with Crippen LogP contribution in [0.15, 0.2) is 18.3 Å². The van der Waals surface area contributed by atoms with Gasteiger partial charge in [-0.2, -0.15) is 10.2 Å². The van der Waals surface area contributed by atoms with Crippen molar-refractivity contribution in [1.29, 1.82) is 0 Å². The molecule has 5 nitrogen and oxygen atoms in total. The number of amides is 1. The summed E-state index contributed by atoms with van der Waals surface area (Å²) in [4.78, 5) is 12.3. The van der Waals surface area contributed by atoms with Crippen molar-refractivity contribution in [1.82, 2.24) is 20.8 Å². The fraction of sp³-hybridized carbons (Fsp3) is 0.615. The monoisotopic (exact) mass is 248 g/mol. The van der Waals surface area contributed by atoms with E-state index in [0.29, 0.717) is 6.54 Å². The Morgan fingerprint density at radius 2 is 2.50 bits per heavy atom. The molecule has 1 saturated heterocycles. The van der Waals surface area contributed by atoms with E-state index in [9.17, 15) is 4.79 Å². The molecule has 2 rings (SSSR count). The zero-order valence-electron chi connectivity index (χ0n) is 10.8. The average molecular weight is 248 g/mol. The summed E-state index contributed by atoms with van der Waals surface area (Å²) in [5.41, 5.74) is 0.543. The molecule has 98 valence electrons. The van der Waals surface area contributed by atoms with Gasteiger partial charge in [0.1, 0.15) is 0 Å². The lowest BCUT2D eigenvalue weighted by Crippen LogP contribution is -2.50. The largest absolute Gasteiger partial charge is 0.350 e. The van der Waals surface area contributed by atoms with Gasteiger partial charge in [-0.1, -0.05) is 6.92 Å². The molecule has 0 spiro atoms. The van der Waals surface area contributed by atoms with Crippen LogP contribution in [0.4, 0.5) is 0 Å². The molecule has 0 bridgehead atoms. The van der Waals surface area contributed by atoms with Crippen LogP contribution in [0.5, 0.6) is 0 Å². The molecule has 1 aromatic heterocycles. The van der Waals surface area contributed by atoms with Crippen molar-refractivity contribution >= 4 is 5.91 Å². The first-order valence-corrected chi connectivity index (χ1v) is 6.52. The number of hydrogen-bond acceptors (Lipinski definition) is 4. The van der Waals surface area contributed by atoms with Crippen molar-refractivity contribution in [2.45, 2.75) is 32.7 Å². The van der Waals surface area contributed by atoms with Crippen LogP contribution in [0, 0.1) is 5.41 Å². The Balaban J connectivity index is 1.94. The van der Waals surface area contributed by atoms with E-state index in [-0.39, 0.29) is 11.3 Å². The number of nitrogens with one attached hydrogen (secondary N) is 2. The molecule has 1 aromatic rings. The smallest absolute Gasteiger partial charge is 0.227 e. The molecule has 2 heterocycles. The second-order valence-electron chi connectivity index (χ2n) is 4.81. The van der Waals surface area contributed by atoms with Crippen molar-refractivity contribution in [3.05, 3.63) is 24.0 Å². The van der Waals surface area contributed by atoms with Gasteiger partial charge in [0, 0.05) is 12.7 Å². The van der Waals surface area contributed by atoms with Gasteiger partial charge in [0.25, 0.3) is 0 Å². The zero-order valence-corrected chi connectivity index (χ0v) is 10.8. The lowest BCUT2D eigenvalue weighted by Gasteiger charge is -2.35.